The molecule has 2 aromatic rings. The number of benzene rings is 1. The molecule has 0 atom stereocenters. The van der Waals surface area contributed by atoms with E-state index >= 15 is 0 Å². The third kappa shape index (κ3) is 2.34. The number of rotatable bonds is 3. The highest BCUT2D eigenvalue weighted by atomic mass is 19.2. The fourth-order valence-corrected chi connectivity index (χ4v) is 1.62. The van der Waals surface area contributed by atoms with Crippen molar-refractivity contribution in [3.63, 3.8) is 0 Å². The van der Waals surface area contributed by atoms with Crippen molar-refractivity contribution in [1.82, 2.24) is 15.1 Å². The van der Waals surface area contributed by atoms with Crippen LogP contribution in [-0.4, -0.2) is 16.8 Å². The van der Waals surface area contributed by atoms with E-state index in [2.05, 4.69) is 10.4 Å². The summed E-state index contributed by atoms with van der Waals surface area (Å²) >= 11 is 0. The van der Waals surface area contributed by atoms with Crippen LogP contribution in [0.25, 0.3) is 5.69 Å². The lowest BCUT2D eigenvalue weighted by atomic mass is 10.2. The molecule has 5 heteroatoms. The maximum Gasteiger partial charge on any atom is 0.160 e. The van der Waals surface area contributed by atoms with Crippen LogP contribution in [-0.2, 0) is 6.54 Å². The average molecular weight is 237 g/mol. The molecule has 0 amide bonds. The van der Waals surface area contributed by atoms with Gasteiger partial charge in [-0.3, -0.25) is 0 Å². The lowest BCUT2D eigenvalue weighted by Crippen LogP contribution is -2.05. The lowest BCUT2D eigenvalue weighted by Gasteiger charge is -2.01. The Labute approximate surface area is 98.1 Å². The fraction of sp³-hybridized carbons (Fsp3) is 0.250. The molecule has 0 bridgehead atoms. The number of nitrogens with one attached hydrogen (secondary N) is 1. The van der Waals surface area contributed by atoms with Gasteiger partial charge in [0.2, 0.25) is 0 Å². The second-order valence-electron chi connectivity index (χ2n) is 3.81. The van der Waals surface area contributed by atoms with Gasteiger partial charge in [0.15, 0.2) is 11.6 Å². The monoisotopic (exact) mass is 237 g/mol. The van der Waals surface area contributed by atoms with Gasteiger partial charge in [0.25, 0.3) is 0 Å². The summed E-state index contributed by atoms with van der Waals surface area (Å²) in [5.41, 5.74) is 2.40. The molecular formula is C12H13F2N3. The minimum absolute atomic E-state index is 0.509. The predicted molar refractivity (Wildman–Crippen MR) is 61.0 cm³/mol. The van der Waals surface area contributed by atoms with Crippen LogP contribution in [0.1, 0.15) is 11.3 Å². The van der Waals surface area contributed by atoms with Gasteiger partial charge in [-0.05, 0) is 26.1 Å². The Morgan fingerprint density at radius 3 is 2.71 bits per heavy atom. The van der Waals surface area contributed by atoms with Gasteiger partial charge in [0.1, 0.15) is 0 Å². The van der Waals surface area contributed by atoms with Crippen molar-refractivity contribution in [2.45, 2.75) is 13.5 Å². The molecule has 1 aromatic carbocycles. The van der Waals surface area contributed by atoms with Gasteiger partial charge in [-0.25, -0.2) is 13.5 Å². The van der Waals surface area contributed by atoms with Gasteiger partial charge >= 0.3 is 0 Å². The Hall–Kier alpha value is -1.75. The largest absolute Gasteiger partial charge is 0.316 e. The molecule has 0 fully saturated rings. The number of halogens is 2. The minimum atomic E-state index is -0.870. The van der Waals surface area contributed by atoms with E-state index in [1.165, 1.54) is 6.07 Å². The molecule has 17 heavy (non-hydrogen) atoms. The van der Waals surface area contributed by atoms with E-state index in [1.807, 2.05) is 14.0 Å². The van der Waals surface area contributed by atoms with Crippen LogP contribution >= 0.6 is 0 Å². The second kappa shape index (κ2) is 4.63. The maximum absolute atomic E-state index is 13.1. The highest BCUT2D eigenvalue weighted by Crippen LogP contribution is 2.15. The van der Waals surface area contributed by atoms with Gasteiger partial charge in [-0.2, -0.15) is 5.10 Å². The van der Waals surface area contributed by atoms with Gasteiger partial charge in [0.05, 0.1) is 11.4 Å². The summed E-state index contributed by atoms with van der Waals surface area (Å²) in [6.07, 6.45) is 1.80. The summed E-state index contributed by atoms with van der Waals surface area (Å²) in [4.78, 5) is 0. The summed E-state index contributed by atoms with van der Waals surface area (Å²) in [6, 6.07) is 3.72. The molecule has 0 aliphatic heterocycles. The van der Waals surface area contributed by atoms with Crippen molar-refractivity contribution < 1.29 is 8.78 Å². The van der Waals surface area contributed by atoms with E-state index in [1.54, 1.807) is 10.9 Å². The Kier molecular flexibility index (Phi) is 3.19. The van der Waals surface area contributed by atoms with E-state index < -0.39 is 11.6 Å². The highest BCUT2D eigenvalue weighted by Gasteiger charge is 2.08. The molecule has 0 saturated heterocycles. The average Bonchev–Trinajstić information content (AvgIpc) is 2.65. The van der Waals surface area contributed by atoms with Crippen LogP contribution in [0.5, 0.6) is 0 Å². The standard InChI is InChI=1S/C12H13F2N3/c1-8-9(6-15-2)7-17(16-8)10-3-4-11(13)12(14)5-10/h3-5,7,15H,6H2,1-2H3. The first-order valence-corrected chi connectivity index (χ1v) is 5.27. The van der Waals surface area contributed by atoms with Crippen molar-refractivity contribution in [2.75, 3.05) is 7.05 Å². The first-order chi connectivity index (χ1) is 8.11. The van der Waals surface area contributed by atoms with E-state index in [0.717, 1.165) is 23.4 Å². The zero-order valence-electron chi connectivity index (χ0n) is 9.67. The fourth-order valence-electron chi connectivity index (χ4n) is 1.62. The zero-order chi connectivity index (χ0) is 12.4. The molecular weight excluding hydrogens is 224 g/mol. The van der Waals surface area contributed by atoms with E-state index in [9.17, 15) is 8.78 Å². The van der Waals surface area contributed by atoms with Gasteiger partial charge in [-0.15, -0.1) is 0 Å². The number of nitrogens with zero attached hydrogens (tertiary/aromatic N) is 2. The molecule has 0 spiro atoms. The Balaban J connectivity index is 2.39. The molecule has 0 radical (unpaired) electrons. The van der Waals surface area contributed by atoms with E-state index in [4.69, 9.17) is 0 Å². The van der Waals surface area contributed by atoms with Crippen molar-refractivity contribution in [2.24, 2.45) is 0 Å². The first-order valence-electron chi connectivity index (χ1n) is 5.27. The SMILES string of the molecule is CNCc1cn(-c2ccc(F)c(F)c2)nc1C. The van der Waals surface area contributed by atoms with Crippen LogP contribution in [0.15, 0.2) is 24.4 Å². The molecule has 0 aliphatic rings. The molecule has 0 saturated carbocycles. The molecule has 3 nitrogen and oxygen atoms in total. The number of aromatic nitrogens is 2. The third-order valence-electron chi connectivity index (χ3n) is 2.54. The minimum Gasteiger partial charge on any atom is -0.316 e. The predicted octanol–water partition coefficient (Wildman–Crippen LogP) is 2.18. The summed E-state index contributed by atoms with van der Waals surface area (Å²) in [6.45, 7) is 2.57. The molecule has 1 N–H and O–H groups in total. The molecule has 90 valence electrons. The number of aryl methyl sites for hydroxylation is 1. The van der Waals surface area contributed by atoms with Gasteiger partial charge < -0.3 is 5.32 Å². The molecule has 1 aromatic heterocycles. The van der Waals surface area contributed by atoms with Crippen molar-refractivity contribution >= 4 is 0 Å². The summed E-state index contributed by atoms with van der Waals surface area (Å²) in [7, 11) is 1.84. The second-order valence-corrected chi connectivity index (χ2v) is 3.81. The maximum atomic E-state index is 13.1. The van der Waals surface area contributed by atoms with Gasteiger partial charge in [-0.1, -0.05) is 0 Å². The van der Waals surface area contributed by atoms with Crippen LogP contribution in [0.3, 0.4) is 0 Å². The molecule has 0 unspecified atom stereocenters. The van der Waals surface area contributed by atoms with E-state index in [-0.39, 0.29) is 0 Å². The smallest absolute Gasteiger partial charge is 0.160 e. The molecule has 1 heterocycles. The van der Waals surface area contributed by atoms with Crippen molar-refractivity contribution in [3.8, 4) is 5.69 Å². The summed E-state index contributed by atoms with van der Waals surface area (Å²) < 4.78 is 27.4. The van der Waals surface area contributed by atoms with Crippen molar-refractivity contribution in [1.29, 1.82) is 0 Å². The number of hydrogen-bond donors (Lipinski definition) is 1. The van der Waals surface area contributed by atoms with Gasteiger partial charge in [0, 0.05) is 24.4 Å². The van der Waals surface area contributed by atoms with Crippen LogP contribution < -0.4 is 5.32 Å². The summed E-state index contributed by atoms with van der Waals surface area (Å²) in [5, 5.41) is 7.28. The van der Waals surface area contributed by atoms with Crippen molar-refractivity contribution in [3.05, 3.63) is 47.3 Å². The first kappa shape index (κ1) is 11.7. The normalized spacial score (nSPS) is 10.8. The third-order valence-corrected chi connectivity index (χ3v) is 2.54. The summed E-state index contributed by atoms with van der Waals surface area (Å²) in [5.74, 6) is -1.72. The Morgan fingerprint density at radius 1 is 1.29 bits per heavy atom. The lowest BCUT2D eigenvalue weighted by molar-refractivity contribution is 0.507. The molecule has 0 aliphatic carbocycles. The Bertz CT molecular complexity index is 535. The van der Waals surface area contributed by atoms with E-state index in [0.29, 0.717) is 12.2 Å². The van der Waals surface area contributed by atoms with Crippen LogP contribution in [0, 0.1) is 18.6 Å². The highest BCUT2D eigenvalue weighted by molar-refractivity contribution is 5.33. The zero-order valence-corrected chi connectivity index (χ0v) is 9.67. The van der Waals surface area contributed by atoms with Crippen LogP contribution in [0.2, 0.25) is 0 Å². The quantitative estimate of drug-likeness (QED) is 0.886. The number of hydrogen-bond acceptors (Lipinski definition) is 2. The Morgan fingerprint density at radius 2 is 2.06 bits per heavy atom. The van der Waals surface area contributed by atoms with Crippen LogP contribution in [0.4, 0.5) is 8.78 Å². The topological polar surface area (TPSA) is 29.9 Å². The molecule has 2 rings (SSSR count).